The summed E-state index contributed by atoms with van der Waals surface area (Å²) in [7, 11) is 0. The first-order chi connectivity index (χ1) is 5.36. The molecule has 0 bridgehead atoms. The van der Waals surface area contributed by atoms with Crippen LogP contribution in [0.1, 0.15) is 12.0 Å². The lowest BCUT2D eigenvalue weighted by atomic mass is 10.1. The van der Waals surface area contributed by atoms with Crippen molar-refractivity contribution in [3.63, 3.8) is 0 Å². The third-order valence-electron chi connectivity index (χ3n) is 1.76. The number of hydrogen-bond acceptors (Lipinski definition) is 2. The van der Waals surface area contributed by atoms with Gasteiger partial charge in [-0.05, 0) is 47.1 Å². The molecule has 1 aromatic rings. The van der Waals surface area contributed by atoms with E-state index in [1.807, 2.05) is 6.20 Å². The van der Waals surface area contributed by atoms with Gasteiger partial charge < -0.3 is 4.74 Å². The van der Waals surface area contributed by atoms with E-state index in [9.17, 15) is 0 Å². The van der Waals surface area contributed by atoms with Crippen molar-refractivity contribution in [2.75, 3.05) is 6.61 Å². The summed E-state index contributed by atoms with van der Waals surface area (Å²) in [4.78, 5) is 4.15. The van der Waals surface area contributed by atoms with Crippen molar-refractivity contribution in [2.45, 2.75) is 12.8 Å². The van der Waals surface area contributed by atoms with E-state index >= 15 is 0 Å². The lowest BCUT2D eigenvalue weighted by molar-refractivity contribution is 0.287. The maximum atomic E-state index is 5.41. The fourth-order valence-corrected chi connectivity index (χ4v) is 1.74. The Kier molecular flexibility index (Phi) is 1.98. The standard InChI is InChI=1S/C8H8INO/c9-8-4-6-2-1-3-11-7(6)5-10-8/h4-5H,1-3H2. The Morgan fingerprint density at radius 1 is 1.55 bits per heavy atom. The summed E-state index contributed by atoms with van der Waals surface area (Å²) in [6.07, 6.45) is 4.08. The van der Waals surface area contributed by atoms with Gasteiger partial charge in [-0.2, -0.15) is 0 Å². The highest BCUT2D eigenvalue weighted by atomic mass is 127. The minimum absolute atomic E-state index is 0.843. The third-order valence-corrected chi connectivity index (χ3v) is 2.35. The number of rotatable bonds is 0. The van der Waals surface area contributed by atoms with Crippen LogP contribution in [0.15, 0.2) is 12.3 Å². The van der Waals surface area contributed by atoms with Crippen molar-refractivity contribution in [3.8, 4) is 5.75 Å². The molecular weight excluding hydrogens is 253 g/mol. The minimum Gasteiger partial charge on any atom is -0.492 e. The van der Waals surface area contributed by atoms with E-state index in [2.05, 4.69) is 33.6 Å². The summed E-state index contributed by atoms with van der Waals surface area (Å²) in [5.41, 5.74) is 1.30. The van der Waals surface area contributed by atoms with Crippen molar-refractivity contribution in [3.05, 3.63) is 21.5 Å². The summed E-state index contributed by atoms with van der Waals surface area (Å²) in [6, 6.07) is 2.09. The molecule has 1 aromatic heterocycles. The first-order valence-corrected chi connectivity index (χ1v) is 4.71. The Morgan fingerprint density at radius 2 is 2.45 bits per heavy atom. The van der Waals surface area contributed by atoms with Crippen LogP contribution in [0.5, 0.6) is 5.75 Å². The monoisotopic (exact) mass is 261 g/mol. The Hall–Kier alpha value is -0.320. The zero-order chi connectivity index (χ0) is 7.68. The van der Waals surface area contributed by atoms with Gasteiger partial charge in [0.25, 0.3) is 0 Å². The summed E-state index contributed by atoms with van der Waals surface area (Å²) >= 11 is 2.22. The van der Waals surface area contributed by atoms with E-state index in [1.54, 1.807) is 0 Å². The summed E-state index contributed by atoms with van der Waals surface area (Å²) in [5, 5.41) is 0. The predicted molar refractivity (Wildman–Crippen MR) is 50.8 cm³/mol. The Labute approximate surface area is 79.1 Å². The van der Waals surface area contributed by atoms with Gasteiger partial charge in [-0.3, -0.25) is 0 Å². The molecule has 0 saturated carbocycles. The van der Waals surface area contributed by atoms with Gasteiger partial charge in [-0.1, -0.05) is 0 Å². The molecule has 3 heteroatoms. The highest BCUT2D eigenvalue weighted by Gasteiger charge is 2.09. The molecule has 0 amide bonds. The molecule has 1 aliphatic rings. The van der Waals surface area contributed by atoms with Crippen LogP contribution in [0.4, 0.5) is 0 Å². The molecule has 0 aliphatic carbocycles. The van der Waals surface area contributed by atoms with Crippen LogP contribution >= 0.6 is 22.6 Å². The van der Waals surface area contributed by atoms with Crippen LogP contribution < -0.4 is 4.74 Å². The molecule has 0 radical (unpaired) electrons. The Morgan fingerprint density at radius 3 is 3.36 bits per heavy atom. The molecule has 0 saturated heterocycles. The SMILES string of the molecule is Ic1cc2c(cn1)OCCC2. The fourth-order valence-electron chi connectivity index (χ4n) is 1.23. The molecule has 58 valence electrons. The summed E-state index contributed by atoms with van der Waals surface area (Å²) in [6.45, 7) is 0.843. The van der Waals surface area contributed by atoms with Gasteiger partial charge in [-0.25, -0.2) is 4.98 Å². The van der Waals surface area contributed by atoms with Gasteiger partial charge in [-0.15, -0.1) is 0 Å². The van der Waals surface area contributed by atoms with Crippen LogP contribution in [0.2, 0.25) is 0 Å². The molecule has 2 heterocycles. The van der Waals surface area contributed by atoms with E-state index in [0.717, 1.165) is 28.9 Å². The summed E-state index contributed by atoms with van der Waals surface area (Å²) < 4.78 is 6.46. The zero-order valence-corrected chi connectivity index (χ0v) is 8.17. The number of ether oxygens (including phenoxy) is 1. The first-order valence-electron chi connectivity index (χ1n) is 3.63. The molecule has 0 unspecified atom stereocenters. The summed E-state index contributed by atoms with van der Waals surface area (Å²) in [5.74, 6) is 0.969. The molecule has 0 atom stereocenters. The van der Waals surface area contributed by atoms with Crippen molar-refractivity contribution >= 4 is 22.6 Å². The molecule has 1 aliphatic heterocycles. The molecule has 11 heavy (non-hydrogen) atoms. The number of fused-ring (bicyclic) bond motifs is 1. The zero-order valence-electron chi connectivity index (χ0n) is 6.01. The number of hydrogen-bond donors (Lipinski definition) is 0. The van der Waals surface area contributed by atoms with Crippen molar-refractivity contribution in [2.24, 2.45) is 0 Å². The van der Waals surface area contributed by atoms with E-state index in [4.69, 9.17) is 4.74 Å². The van der Waals surface area contributed by atoms with Gasteiger partial charge in [0.15, 0.2) is 0 Å². The highest BCUT2D eigenvalue weighted by molar-refractivity contribution is 14.1. The molecule has 0 spiro atoms. The second-order valence-electron chi connectivity index (χ2n) is 2.57. The van der Waals surface area contributed by atoms with E-state index in [0.29, 0.717) is 0 Å². The third kappa shape index (κ3) is 1.47. The van der Waals surface area contributed by atoms with E-state index < -0.39 is 0 Å². The molecule has 0 aromatic carbocycles. The van der Waals surface area contributed by atoms with Gasteiger partial charge in [0, 0.05) is 0 Å². The average Bonchev–Trinajstić information content (AvgIpc) is 2.04. The maximum Gasteiger partial charge on any atom is 0.140 e. The second-order valence-corrected chi connectivity index (χ2v) is 3.67. The average molecular weight is 261 g/mol. The lowest BCUT2D eigenvalue weighted by Gasteiger charge is -2.15. The number of aromatic nitrogens is 1. The largest absolute Gasteiger partial charge is 0.492 e. The van der Waals surface area contributed by atoms with Gasteiger partial charge in [0.2, 0.25) is 0 Å². The quantitative estimate of drug-likeness (QED) is 0.526. The van der Waals surface area contributed by atoms with Gasteiger partial charge in [0.05, 0.1) is 12.8 Å². The molecule has 2 nitrogen and oxygen atoms in total. The normalized spacial score (nSPS) is 15.4. The number of halogens is 1. The predicted octanol–water partition coefficient (Wildman–Crippen LogP) is 2.01. The molecule has 0 fully saturated rings. The fraction of sp³-hybridized carbons (Fsp3) is 0.375. The Bertz CT molecular complexity index is 275. The maximum absolute atomic E-state index is 5.41. The van der Waals surface area contributed by atoms with Crippen LogP contribution in [-0.2, 0) is 6.42 Å². The molecule has 0 N–H and O–H groups in total. The molecule has 2 rings (SSSR count). The van der Waals surface area contributed by atoms with Crippen LogP contribution in [-0.4, -0.2) is 11.6 Å². The van der Waals surface area contributed by atoms with E-state index in [1.165, 1.54) is 5.56 Å². The van der Waals surface area contributed by atoms with E-state index in [-0.39, 0.29) is 0 Å². The topological polar surface area (TPSA) is 22.1 Å². The highest BCUT2D eigenvalue weighted by Crippen LogP contribution is 2.24. The minimum atomic E-state index is 0.843. The number of aryl methyl sites for hydroxylation is 1. The van der Waals surface area contributed by atoms with Crippen LogP contribution in [0.3, 0.4) is 0 Å². The van der Waals surface area contributed by atoms with Crippen molar-refractivity contribution in [1.29, 1.82) is 0 Å². The lowest BCUT2D eigenvalue weighted by Crippen LogP contribution is -2.08. The number of nitrogens with zero attached hydrogens (tertiary/aromatic N) is 1. The first kappa shape index (κ1) is 7.34. The number of pyridine rings is 1. The van der Waals surface area contributed by atoms with Gasteiger partial charge in [0.1, 0.15) is 9.45 Å². The van der Waals surface area contributed by atoms with Crippen LogP contribution in [0.25, 0.3) is 0 Å². The van der Waals surface area contributed by atoms with Crippen molar-refractivity contribution in [1.82, 2.24) is 4.98 Å². The Balaban J connectivity index is 2.43. The smallest absolute Gasteiger partial charge is 0.140 e. The van der Waals surface area contributed by atoms with Crippen LogP contribution in [0, 0.1) is 3.70 Å². The second kappa shape index (κ2) is 2.97. The van der Waals surface area contributed by atoms with Gasteiger partial charge >= 0.3 is 0 Å². The molecular formula is C8H8INO. The van der Waals surface area contributed by atoms with Crippen molar-refractivity contribution < 1.29 is 4.74 Å².